The first-order chi connectivity index (χ1) is 15.2. The Morgan fingerprint density at radius 3 is 2.50 bits per heavy atom. The first-order valence-electron chi connectivity index (χ1n) is 11.7. The number of aromatic nitrogens is 1. The van der Waals surface area contributed by atoms with Crippen LogP contribution in [0.1, 0.15) is 77.8 Å². The second-order valence-corrected chi connectivity index (χ2v) is 9.14. The van der Waals surface area contributed by atoms with Gasteiger partial charge in [-0.25, -0.2) is 0 Å². The first-order valence-corrected chi connectivity index (χ1v) is 11.7. The Morgan fingerprint density at radius 2 is 1.88 bits per heavy atom. The average Bonchev–Trinajstić information content (AvgIpc) is 2.75. The lowest BCUT2D eigenvalue weighted by molar-refractivity contribution is 0.0845. The SMILES string of the molecule is CCN(c1cc(C)cc(C(=O)NCc2c(C(C)C)cc(C)[nH]c2=O)c1C)C1CCOCC1. The normalized spacial score (nSPS) is 14.6. The third-order valence-electron chi connectivity index (χ3n) is 6.40. The highest BCUT2D eigenvalue weighted by Gasteiger charge is 2.24. The van der Waals surface area contributed by atoms with Gasteiger partial charge >= 0.3 is 0 Å². The zero-order valence-corrected chi connectivity index (χ0v) is 20.3. The number of anilines is 1. The number of hydrogen-bond acceptors (Lipinski definition) is 4. The number of aryl methyl sites for hydroxylation is 2. The Hall–Kier alpha value is -2.60. The number of nitrogens with one attached hydrogen (secondary N) is 2. The molecule has 6 heteroatoms. The molecule has 1 aromatic carbocycles. The van der Waals surface area contributed by atoms with Crippen LogP contribution in [-0.4, -0.2) is 36.7 Å². The van der Waals surface area contributed by atoms with Crippen molar-refractivity contribution in [3.63, 3.8) is 0 Å². The molecule has 2 aromatic rings. The third kappa shape index (κ3) is 5.23. The molecule has 0 atom stereocenters. The van der Waals surface area contributed by atoms with Crippen LogP contribution in [0.25, 0.3) is 0 Å². The minimum atomic E-state index is -0.148. The van der Waals surface area contributed by atoms with Gasteiger partial charge in [-0.05, 0) is 81.3 Å². The Kier molecular flexibility index (Phi) is 7.77. The molecule has 0 radical (unpaired) electrons. The Bertz CT molecular complexity index is 1020. The quantitative estimate of drug-likeness (QED) is 0.672. The molecule has 1 amide bonds. The summed E-state index contributed by atoms with van der Waals surface area (Å²) in [4.78, 5) is 31.1. The number of pyridine rings is 1. The van der Waals surface area contributed by atoms with E-state index < -0.39 is 0 Å². The molecule has 1 aliphatic heterocycles. The summed E-state index contributed by atoms with van der Waals surface area (Å²) in [5.41, 5.74) is 6.11. The predicted octanol–water partition coefficient (Wildman–Crippen LogP) is 4.36. The summed E-state index contributed by atoms with van der Waals surface area (Å²) in [7, 11) is 0. The maximum absolute atomic E-state index is 13.2. The number of ether oxygens (including phenoxy) is 1. The maximum atomic E-state index is 13.2. The van der Waals surface area contributed by atoms with Crippen LogP contribution >= 0.6 is 0 Å². The van der Waals surface area contributed by atoms with Gasteiger partial charge in [0.1, 0.15) is 0 Å². The molecule has 1 aliphatic rings. The van der Waals surface area contributed by atoms with E-state index in [9.17, 15) is 9.59 Å². The molecule has 6 nitrogen and oxygen atoms in total. The van der Waals surface area contributed by atoms with E-state index in [1.54, 1.807) is 0 Å². The van der Waals surface area contributed by atoms with Crippen molar-refractivity contribution in [2.45, 2.75) is 72.9 Å². The molecule has 0 bridgehead atoms. The first kappa shape index (κ1) is 24.1. The number of nitrogens with zero attached hydrogens (tertiary/aromatic N) is 1. The zero-order chi connectivity index (χ0) is 23.4. The number of benzene rings is 1. The van der Waals surface area contributed by atoms with Gasteiger partial charge in [-0.1, -0.05) is 13.8 Å². The van der Waals surface area contributed by atoms with Crippen molar-refractivity contribution in [2.24, 2.45) is 0 Å². The summed E-state index contributed by atoms with van der Waals surface area (Å²) in [5, 5.41) is 3.01. The number of hydrogen-bond donors (Lipinski definition) is 2. The van der Waals surface area contributed by atoms with E-state index in [1.165, 1.54) is 0 Å². The lowest BCUT2D eigenvalue weighted by atomic mass is 9.97. The number of aromatic amines is 1. The van der Waals surface area contributed by atoms with E-state index in [-0.39, 0.29) is 23.9 Å². The van der Waals surface area contributed by atoms with Crippen LogP contribution in [0.2, 0.25) is 0 Å². The number of carbonyl (C=O) groups is 1. The Balaban J connectivity index is 1.87. The van der Waals surface area contributed by atoms with Crippen molar-refractivity contribution < 1.29 is 9.53 Å². The highest BCUT2D eigenvalue weighted by molar-refractivity contribution is 5.97. The van der Waals surface area contributed by atoms with Crippen LogP contribution in [0.3, 0.4) is 0 Å². The van der Waals surface area contributed by atoms with Gasteiger partial charge in [0, 0.05) is 54.9 Å². The molecular weight excluding hydrogens is 402 g/mol. The monoisotopic (exact) mass is 439 g/mol. The molecule has 1 aromatic heterocycles. The van der Waals surface area contributed by atoms with Crippen molar-refractivity contribution in [3.05, 3.63) is 62.1 Å². The Labute approximate surface area is 191 Å². The topological polar surface area (TPSA) is 74.4 Å². The van der Waals surface area contributed by atoms with E-state index in [4.69, 9.17) is 4.74 Å². The van der Waals surface area contributed by atoms with Gasteiger partial charge in [-0.3, -0.25) is 9.59 Å². The van der Waals surface area contributed by atoms with Crippen molar-refractivity contribution >= 4 is 11.6 Å². The minimum absolute atomic E-state index is 0.132. The molecule has 0 spiro atoms. The van der Waals surface area contributed by atoms with Gasteiger partial charge in [0.2, 0.25) is 0 Å². The van der Waals surface area contributed by atoms with Crippen LogP contribution in [0, 0.1) is 20.8 Å². The number of amides is 1. The number of H-pyrrole nitrogens is 1. The third-order valence-corrected chi connectivity index (χ3v) is 6.40. The fraction of sp³-hybridized carbons (Fsp3) is 0.538. The fourth-order valence-corrected chi connectivity index (χ4v) is 4.70. The van der Waals surface area contributed by atoms with Gasteiger partial charge in [0.05, 0.1) is 0 Å². The van der Waals surface area contributed by atoms with Gasteiger partial charge in [-0.15, -0.1) is 0 Å². The molecule has 3 rings (SSSR count). The second-order valence-electron chi connectivity index (χ2n) is 9.14. The van der Waals surface area contributed by atoms with E-state index >= 15 is 0 Å². The molecule has 174 valence electrons. The average molecular weight is 440 g/mol. The van der Waals surface area contributed by atoms with Crippen LogP contribution in [0.15, 0.2) is 23.0 Å². The molecule has 1 fully saturated rings. The van der Waals surface area contributed by atoms with Crippen molar-refractivity contribution in [3.8, 4) is 0 Å². The maximum Gasteiger partial charge on any atom is 0.253 e. The van der Waals surface area contributed by atoms with Crippen LogP contribution < -0.4 is 15.8 Å². The zero-order valence-electron chi connectivity index (χ0n) is 20.3. The lowest BCUT2D eigenvalue weighted by Gasteiger charge is -2.36. The summed E-state index contributed by atoms with van der Waals surface area (Å²) in [6.07, 6.45) is 1.99. The van der Waals surface area contributed by atoms with Gasteiger partial charge < -0.3 is 19.9 Å². The standard InChI is InChI=1S/C26H37N3O3/c1-7-29(20-8-10-32-11-9-20)24-13-17(4)12-22(19(24)6)25(30)27-15-23-21(16(2)3)14-18(5)28-26(23)31/h12-14,16,20H,7-11,15H2,1-6H3,(H,27,30)(H,28,31). The predicted molar refractivity (Wildman–Crippen MR) is 130 cm³/mol. The molecule has 32 heavy (non-hydrogen) atoms. The largest absolute Gasteiger partial charge is 0.381 e. The molecular formula is C26H37N3O3. The van der Waals surface area contributed by atoms with Crippen molar-refractivity contribution in [1.29, 1.82) is 0 Å². The smallest absolute Gasteiger partial charge is 0.253 e. The molecule has 1 saturated heterocycles. The molecule has 0 saturated carbocycles. The lowest BCUT2D eigenvalue weighted by Crippen LogP contribution is -2.40. The van der Waals surface area contributed by atoms with Gasteiger partial charge in [-0.2, -0.15) is 0 Å². The van der Waals surface area contributed by atoms with Crippen molar-refractivity contribution in [1.82, 2.24) is 10.3 Å². The number of carbonyl (C=O) groups excluding carboxylic acids is 1. The van der Waals surface area contributed by atoms with Crippen LogP contribution in [0.5, 0.6) is 0 Å². The van der Waals surface area contributed by atoms with E-state index in [2.05, 4.69) is 42.0 Å². The molecule has 2 heterocycles. The summed E-state index contributed by atoms with van der Waals surface area (Å²) >= 11 is 0. The van der Waals surface area contributed by atoms with Crippen LogP contribution in [0.4, 0.5) is 5.69 Å². The summed E-state index contributed by atoms with van der Waals surface area (Å²) in [5.74, 6) is 0.0537. The molecule has 0 aliphatic carbocycles. The van der Waals surface area contributed by atoms with Gasteiger partial charge in [0.25, 0.3) is 11.5 Å². The summed E-state index contributed by atoms with van der Waals surface area (Å²) in [6, 6.07) is 6.53. The summed E-state index contributed by atoms with van der Waals surface area (Å²) in [6.45, 7) is 14.9. The summed E-state index contributed by atoms with van der Waals surface area (Å²) < 4.78 is 5.54. The van der Waals surface area contributed by atoms with E-state index in [0.717, 1.165) is 60.7 Å². The van der Waals surface area contributed by atoms with Crippen LogP contribution in [-0.2, 0) is 11.3 Å². The minimum Gasteiger partial charge on any atom is -0.381 e. The van der Waals surface area contributed by atoms with E-state index in [1.807, 2.05) is 32.9 Å². The highest BCUT2D eigenvalue weighted by Crippen LogP contribution is 2.30. The fourth-order valence-electron chi connectivity index (χ4n) is 4.70. The van der Waals surface area contributed by atoms with E-state index in [0.29, 0.717) is 17.2 Å². The van der Waals surface area contributed by atoms with Crippen molar-refractivity contribution in [2.75, 3.05) is 24.7 Å². The molecule has 2 N–H and O–H groups in total. The van der Waals surface area contributed by atoms with Gasteiger partial charge in [0.15, 0.2) is 0 Å². The highest BCUT2D eigenvalue weighted by atomic mass is 16.5. The number of rotatable bonds is 7. The Morgan fingerprint density at radius 1 is 1.19 bits per heavy atom. The second kappa shape index (κ2) is 10.3. The molecule has 0 unspecified atom stereocenters.